The van der Waals surface area contributed by atoms with E-state index in [0.29, 0.717) is 28.0 Å². The Bertz CT molecular complexity index is 710. The van der Waals surface area contributed by atoms with E-state index in [4.69, 9.17) is 4.74 Å². The van der Waals surface area contributed by atoms with Crippen LogP contribution in [0.1, 0.15) is 0 Å². The lowest BCUT2D eigenvalue weighted by molar-refractivity contribution is 0.415. The fourth-order valence-electron chi connectivity index (χ4n) is 1.83. The van der Waals surface area contributed by atoms with E-state index < -0.39 is 0 Å². The maximum atomic E-state index is 13.4. The second-order valence-corrected chi connectivity index (χ2v) is 3.70. The molecule has 0 fully saturated rings. The predicted molar refractivity (Wildman–Crippen MR) is 63.6 cm³/mol. The van der Waals surface area contributed by atoms with Crippen molar-refractivity contribution in [2.75, 3.05) is 7.11 Å². The Hall–Kier alpha value is -2.50. The monoisotopic (exact) mass is 244 g/mol. The Balaban J connectivity index is 2.31. The van der Waals surface area contributed by atoms with Gasteiger partial charge in [0.05, 0.1) is 13.3 Å². The van der Waals surface area contributed by atoms with Crippen molar-refractivity contribution in [3.63, 3.8) is 0 Å². The van der Waals surface area contributed by atoms with Gasteiger partial charge in [-0.1, -0.05) is 0 Å². The molecule has 0 aliphatic rings. The van der Waals surface area contributed by atoms with Gasteiger partial charge < -0.3 is 4.74 Å². The molecule has 0 atom stereocenters. The minimum Gasteiger partial charge on any atom is -0.496 e. The fourth-order valence-corrected chi connectivity index (χ4v) is 1.83. The number of hydrogen-bond acceptors (Lipinski definition) is 4. The third-order valence-corrected chi connectivity index (χ3v) is 2.66. The van der Waals surface area contributed by atoms with E-state index in [1.165, 1.54) is 25.6 Å². The molecule has 0 bridgehead atoms. The number of H-pyrrole nitrogens is 1. The molecule has 0 amide bonds. The summed E-state index contributed by atoms with van der Waals surface area (Å²) in [6.07, 6.45) is 3.00. The van der Waals surface area contributed by atoms with Gasteiger partial charge in [0.2, 0.25) is 0 Å². The molecule has 0 saturated heterocycles. The van der Waals surface area contributed by atoms with Crippen LogP contribution in [0.25, 0.3) is 22.3 Å². The van der Waals surface area contributed by atoms with Gasteiger partial charge in [0.25, 0.3) is 0 Å². The number of rotatable bonds is 2. The van der Waals surface area contributed by atoms with Gasteiger partial charge >= 0.3 is 0 Å². The Morgan fingerprint density at radius 3 is 3.00 bits per heavy atom. The first-order valence-electron chi connectivity index (χ1n) is 5.27. The SMILES string of the molecule is COc1ccc(F)cc1-c1ncnc2cn[nH]c12. The molecule has 6 heteroatoms. The lowest BCUT2D eigenvalue weighted by Gasteiger charge is -2.08. The van der Waals surface area contributed by atoms with Crippen LogP contribution < -0.4 is 4.74 Å². The summed E-state index contributed by atoms with van der Waals surface area (Å²) in [6.45, 7) is 0. The summed E-state index contributed by atoms with van der Waals surface area (Å²) < 4.78 is 18.6. The number of aromatic amines is 1. The first kappa shape index (κ1) is 10.6. The van der Waals surface area contributed by atoms with Crippen LogP contribution in [0, 0.1) is 5.82 Å². The molecule has 0 radical (unpaired) electrons. The highest BCUT2D eigenvalue weighted by molar-refractivity contribution is 5.90. The van der Waals surface area contributed by atoms with E-state index in [-0.39, 0.29) is 5.82 Å². The van der Waals surface area contributed by atoms with Crippen LogP contribution in [0.4, 0.5) is 4.39 Å². The average Bonchev–Trinajstić information content (AvgIpc) is 2.86. The van der Waals surface area contributed by atoms with Crippen molar-refractivity contribution in [2.45, 2.75) is 0 Å². The van der Waals surface area contributed by atoms with Crippen molar-refractivity contribution in [3.8, 4) is 17.0 Å². The zero-order valence-corrected chi connectivity index (χ0v) is 9.51. The summed E-state index contributed by atoms with van der Waals surface area (Å²) in [4.78, 5) is 8.24. The van der Waals surface area contributed by atoms with Crippen LogP contribution in [-0.2, 0) is 0 Å². The van der Waals surface area contributed by atoms with Crippen LogP contribution in [0.3, 0.4) is 0 Å². The number of nitrogens with one attached hydrogen (secondary N) is 1. The molecule has 2 aromatic heterocycles. The second-order valence-electron chi connectivity index (χ2n) is 3.70. The van der Waals surface area contributed by atoms with E-state index in [2.05, 4.69) is 20.2 Å². The van der Waals surface area contributed by atoms with Crippen molar-refractivity contribution in [1.82, 2.24) is 20.2 Å². The van der Waals surface area contributed by atoms with Gasteiger partial charge in [-0.05, 0) is 18.2 Å². The van der Waals surface area contributed by atoms with Crippen molar-refractivity contribution in [2.24, 2.45) is 0 Å². The Kier molecular flexibility index (Phi) is 2.40. The largest absolute Gasteiger partial charge is 0.496 e. The van der Waals surface area contributed by atoms with Gasteiger partial charge in [-0.3, -0.25) is 5.10 Å². The van der Waals surface area contributed by atoms with Gasteiger partial charge in [-0.2, -0.15) is 5.10 Å². The number of methoxy groups -OCH3 is 1. The first-order chi connectivity index (χ1) is 8.79. The number of hydrogen-bond donors (Lipinski definition) is 1. The maximum absolute atomic E-state index is 13.4. The molecular weight excluding hydrogens is 235 g/mol. The summed E-state index contributed by atoms with van der Waals surface area (Å²) in [5.74, 6) is 0.197. The predicted octanol–water partition coefficient (Wildman–Crippen LogP) is 2.17. The molecule has 3 aromatic rings. The molecule has 3 rings (SSSR count). The van der Waals surface area contributed by atoms with Crippen LogP contribution >= 0.6 is 0 Å². The maximum Gasteiger partial charge on any atom is 0.128 e. The Morgan fingerprint density at radius 1 is 1.28 bits per heavy atom. The van der Waals surface area contributed by atoms with E-state index in [0.717, 1.165) is 0 Å². The third kappa shape index (κ3) is 1.58. The highest BCUT2D eigenvalue weighted by Crippen LogP contribution is 2.32. The molecule has 1 aromatic carbocycles. The Morgan fingerprint density at radius 2 is 2.17 bits per heavy atom. The molecule has 0 saturated carbocycles. The molecule has 0 unspecified atom stereocenters. The number of benzene rings is 1. The lowest BCUT2D eigenvalue weighted by atomic mass is 10.1. The van der Waals surface area contributed by atoms with Crippen LogP contribution in [0.15, 0.2) is 30.7 Å². The summed E-state index contributed by atoms with van der Waals surface area (Å²) in [6, 6.07) is 4.28. The fraction of sp³-hybridized carbons (Fsp3) is 0.0833. The number of halogens is 1. The smallest absolute Gasteiger partial charge is 0.128 e. The van der Waals surface area contributed by atoms with Crippen molar-refractivity contribution >= 4 is 11.0 Å². The number of aromatic nitrogens is 4. The minimum absolute atomic E-state index is 0.350. The summed E-state index contributed by atoms with van der Waals surface area (Å²) in [7, 11) is 1.53. The quantitative estimate of drug-likeness (QED) is 0.750. The zero-order chi connectivity index (χ0) is 12.5. The summed E-state index contributed by atoms with van der Waals surface area (Å²) in [5.41, 5.74) is 2.45. The van der Waals surface area contributed by atoms with Crippen LogP contribution in [0.5, 0.6) is 5.75 Å². The van der Waals surface area contributed by atoms with Crippen molar-refractivity contribution in [1.29, 1.82) is 0 Å². The van der Waals surface area contributed by atoms with Crippen molar-refractivity contribution < 1.29 is 9.13 Å². The van der Waals surface area contributed by atoms with Gasteiger partial charge in [-0.15, -0.1) is 0 Å². The van der Waals surface area contributed by atoms with Gasteiger partial charge in [0.1, 0.15) is 34.6 Å². The first-order valence-corrected chi connectivity index (χ1v) is 5.27. The molecule has 2 heterocycles. The van der Waals surface area contributed by atoms with Crippen LogP contribution in [-0.4, -0.2) is 27.3 Å². The standard InChI is InChI=1S/C12H9FN4O/c1-18-10-3-2-7(13)4-8(10)11-12-9(5-16-17-12)14-6-15-11/h2-6H,1H3,(H,16,17). The molecule has 5 nitrogen and oxygen atoms in total. The highest BCUT2D eigenvalue weighted by atomic mass is 19.1. The minimum atomic E-state index is -0.350. The highest BCUT2D eigenvalue weighted by Gasteiger charge is 2.13. The molecule has 18 heavy (non-hydrogen) atoms. The van der Waals surface area contributed by atoms with E-state index >= 15 is 0 Å². The molecule has 0 spiro atoms. The number of nitrogens with zero attached hydrogens (tertiary/aromatic N) is 3. The normalized spacial score (nSPS) is 10.8. The topological polar surface area (TPSA) is 63.7 Å². The van der Waals surface area contributed by atoms with Gasteiger partial charge in [0, 0.05) is 5.56 Å². The lowest BCUT2D eigenvalue weighted by Crippen LogP contribution is -1.93. The summed E-state index contributed by atoms with van der Waals surface area (Å²) in [5, 5.41) is 6.71. The van der Waals surface area contributed by atoms with Crippen molar-refractivity contribution in [3.05, 3.63) is 36.5 Å². The molecule has 1 N–H and O–H groups in total. The summed E-state index contributed by atoms with van der Waals surface area (Å²) >= 11 is 0. The van der Waals surface area contributed by atoms with E-state index in [9.17, 15) is 4.39 Å². The molecular formula is C12H9FN4O. The number of fused-ring (bicyclic) bond motifs is 1. The number of ether oxygens (including phenoxy) is 1. The average molecular weight is 244 g/mol. The molecule has 0 aliphatic carbocycles. The third-order valence-electron chi connectivity index (χ3n) is 2.66. The second kappa shape index (κ2) is 4.06. The zero-order valence-electron chi connectivity index (χ0n) is 9.51. The van der Waals surface area contributed by atoms with Gasteiger partial charge in [-0.25, -0.2) is 14.4 Å². The van der Waals surface area contributed by atoms with E-state index in [1.807, 2.05) is 0 Å². The van der Waals surface area contributed by atoms with Crippen LogP contribution in [0.2, 0.25) is 0 Å². The van der Waals surface area contributed by atoms with Gasteiger partial charge in [0.15, 0.2) is 0 Å². The molecule has 0 aliphatic heterocycles. The van der Waals surface area contributed by atoms with E-state index in [1.54, 1.807) is 12.3 Å². The Labute approximate surface area is 102 Å². The molecule has 90 valence electrons.